The first kappa shape index (κ1) is 26.8. The Morgan fingerprint density at radius 1 is 1.11 bits per heavy atom. The van der Waals surface area contributed by atoms with Crippen LogP contribution in [0.1, 0.15) is 43.0 Å². The van der Waals surface area contributed by atoms with Crippen molar-refractivity contribution in [2.45, 2.75) is 33.2 Å². The number of morpholine rings is 1. The molecule has 4 rings (SSSR count). The van der Waals surface area contributed by atoms with Gasteiger partial charge < -0.3 is 19.5 Å². The number of aliphatic hydroxyl groups excluding tert-OH is 1. The van der Waals surface area contributed by atoms with E-state index in [0.29, 0.717) is 55.6 Å². The molecule has 2 fully saturated rings. The van der Waals surface area contributed by atoms with E-state index in [1.165, 1.54) is 17.0 Å². The van der Waals surface area contributed by atoms with Gasteiger partial charge in [0.25, 0.3) is 11.7 Å². The molecule has 7 nitrogen and oxygen atoms in total. The Bertz CT molecular complexity index is 1160. The summed E-state index contributed by atoms with van der Waals surface area (Å²) in [4.78, 5) is 30.2. The Hall–Kier alpha value is -3.23. The van der Waals surface area contributed by atoms with Gasteiger partial charge in [0.2, 0.25) is 0 Å². The molecule has 2 saturated heterocycles. The fourth-order valence-corrected chi connectivity index (χ4v) is 4.79. The summed E-state index contributed by atoms with van der Waals surface area (Å²) in [6.07, 6.45) is 0.658. The number of hydrogen-bond donors (Lipinski definition) is 1. The smallest absolute Gasteiger partial charge is 0.295 e. The summed E-state index contributed by atoms with van der Waals surface area (Å²) in [6, 6.07) is 10.2. The normalized spacial score (nSPS) is 20.1. The van der Waals surface area contributed by atoms with Crippen molar-refractivity contribution in [3.05, 3.63) is 70.5 Å². The lowest BCUT2D eigenvalue weighted by atomic mass is 9.94. The maximum absolute atomic E-state index is 13.7. The molecule has 1 N–H and O–H groups in total. The lowest BCUT2D eigenvalue weighted by Gasteiger charge is -2.29. The molecule has 2 aromatic rings. The van der Waals surface area contributed by atoms with Gasteiger partial charge in [-0.05, 0) is 60.7 Å². The molecule has 0 aliphatic carbocycles. The van der Waals surface area contributed by atoms with Crippen LogP contribution in [0.25, 0.3) is 5.76 Å². The molecule has 0 bridgehead atoms. The topological polar surface area (TPSA) is 79.3 Å². The summed E-state index contributed by atoms with van der Waals surface area (Å²) in [5.74, 6) is -1.02. The van der Waals surface area contributed by atoms with Gasteiger partial charge in [0.15, 0.2) is 0 Å². The number of aliphatic hydroxyl groups is 1. The summed E-state index contributed by atoms with van der Waals surface area (Å²) in [5, 5.41) is 11.4. The molecule has 1 unspecified atom stereocenters. The van der Waals surface area contributed by atoms with Crippen LogP contribution in [0.15, 0.2) is 48.0 Å². The number of carbonyl (C=O) groups excluding carboxylic acids is 2. The fourth-order valence-electron chi connectivity index (χ4n) is 4.79. The molecule has 8 heteroatoms. The summed E-state index contributed by atoms with van der Waals surface area (Å²) >= 11 is 0. The van der Waals surface area contributed by atoms with Crippen LogP contribution in [0.5, 0.6) is 5.75 Å². The Kier molecular flexibility index (Phi) is 8.61. The van der Waals surface area contributed by atoms with E-state index < -0.39 is 23.5 Å². The van der Waals surface area contributed by atoms with Crippen molar-refractivity contribution in [2.24, 2.45) is 5.92 Å². The molecular formula is C29H35FN2O5. The number of benzene rings is 2. The monoisotopic (exact) mass is 510 g/mol. The van der Waals surface area contributed by atoms with E-state index in [4.69, 9.17) is 9.47 Å². The van der Waals surface area contributed by atoms with E-state index in [1.54, 1.807) is 24.3 Å². The molecular weight excluding hydrogens is 475 g/mol. The molecule has 0 radical (unpaired) electrons. The largest absolute Gasteiger partial charge is 0.507 e. The number of hydrogen-bond acceptors (Lipinski definition) is 6. The molecule has 2 heterocycles. The van der Waals surface area contributed by atoms with Gasteiger partial charge in [-0.2, -0.15) is 0 Å². The van der Waals surface area contributed by atoms with Gasteiger partial charge in [-0.1, -0.05) is 26.0 Å². The Morgan fingerprint density at radius 2 is 1.81 bits per heavy atom. The number of nitrogens with zero attached hydrogens (tertiary/aromatic N) is 2. The third kappa shape index (κ3) is 6.19. The van der Waals surface area contributed by atoms with Crippen molar-refractivity contribution in [1.29, 1.82) is 0 Å². The number of Topliss-reactive ketones (excluding diaryl/α,β-unsaturated/α-hetero) is 1. The molecule has 2 aliphatic rings. The number of ketones is 1. The van der Waals surface area contributed by atoms with Gasteiger partial charge in [0.1, 0.15) is 17.3 Å². The molecule has 2 aromatic carbocycles. The summed E-state index contributed by atoms with van der Waals surface area (Å²) in [6.45, 7) is 10.6. The van der Waals surface area contributed by atoms with Crippen molar-refractivity contribution < 1.29 is 28.6 Å². The Labute approximate surface area is 217 Å². The third-order valence-corrected chi connectivity index (χ3v) is 6.74. The zero-order valence-corrected chi connectivity index (χ0v) is 21.7. The minimum atomic E-state index is -0.804. The number of ether oxygens (including phenoxy) is 2. The van der Waals surface area contributed by atoms with E-state index in [-0.39, 0.29) is 11.3 Å². The first-order valence-corrected chi connectivity index (χ1v) is 12.8. The quantitative estimate of drug-likeness (QED) is 0.308. The molecule has 1 amide bonds. The zero-order chi connectivity index (χ0) is 26.5. The van der Waals surface area contributed by atoms with E-state index >= 15 is 0 Å². The predicted molar refractivity (Wildman–Crippen MR) is 139 cm³/mol. The van der Waals surface area contributed by atoms with E-state index in [9.17, 15) is 19.1 Å². The molecule has 0 saturated carbocycles. The van der Waals surface area contributed by atoms with E-state index in [1.807, 2.05) is 13.0 Å². The molecule has 0 aromatic heterocycles. The second kappa shape index (κ2) is 11.9. The first-order valence-electron chi connectivity index (χ1n) is 12.8. The second-order valence-corrected chi connectivity index (χ2v) is 10.0. The third-order valence-electron chi connectivity index (χ3n) is 6.74. The summed E-state index contributed by atoms with van der Waals surface area (Å²) in [7, 11) is 0. The van der Waals surface area contributed by atoms with Crippen LogP contribution in [0, 0.1) is 18.7 Å². The standard InChI is InChI=1S/C29H35FN2O5/c1-19(2)18-37-23-9-10-24(20(3)17-23)27(33)25-26(21-5-7-22(30)8-6-21)32(29(35)28(25)34)12-4-11-31-13-15-36-16-14-31/h5-10,17,19,26,33H,4,11-16,18H2,1-3H3/b27-25+. The van der Waals surface area contributed by atoms with Crippen molar-refractivity contribution in [3.63, 3.8) is 0 Å². The SMILES string of the molecule is Cc1cc(OCC(C)C)ccc1/C(O)=C1\C(=O)C(=O)N(CCCN2CCOCC2)C1c1ccc(F)cc1. The fraction of sp³-hybridized carbons (Fsp3) is 0.448. The van der Waals surface area contributed by atoms with Crippen molar-refractivity contribution >= 4 is 17.4 Å². The lowest BCUT2D eigenvalue weighted by molar-refractivity contribution is -0.140. The highest BCUT2D eigenvalue weighted by Crippen LogP contribution is 2.40. The van der Waals surface area contributed by atoms with Crippen LogP contribution in [0.3, 0.4) is 0 Å². The highest BCUT2D eigenvalue weighted by molar-refractivity contribution is 6.46. The molecule has 0 spiro atoms. The number of halogens is 1. The average Bonchev–Trinajstić information content (AvgIpc) is 3.13. The predicted octanol–water partition coefficient (Wildman–Crippen LogP) is 4.31. The minimum Gasteiger partial charge on any atom is -0.507 e. The summed E-state index contributed by atoms with van der Waals surface area (Å²) < 4.78 is 24.9. The maximum atomic E-state index is 13.7. The van der Waals surface area contributed by atoms with Crippen molar-refractivity contribution in [1.82, 2.24) is 9.80 Å². The highest BCUT2D eigenvalue weighted by Gasteiger charge is 2.46. The maximum Gasteiger partial charge on any atom is 0.295 e. The lowest BCUT2D eigenvalue weighted by Crippen LogP contribution is -2.38. The number of likely N-dealkylation sites (tertiary alicyclic amines) is 1. The van der Waals surface area contributed by atoms with Crippen LogP contribution >= 0.6 is 0 Å². The Morgan fingerprint density at radius 3 is 2.46 bits per heavy atom. The van der Waals surface area contributed by atoms with Crippen LogP contribution in [-0.2, 0) is 14.3 Å². The Balaban J connectivity index is 1.65. The zero-order valence-electron chi connectivity index (χ0n) is 21.7. The van der Waals surface area contributed by atoms with Gasteiger partial charge in [-0.3, -0.25) is 14.5 Å². The van der Waals surface area contributed by atoms with Crippen LogP contribution in [-0.4, -0.2) is 72.6 Å². The number of rotatable bonds is 9. The minimum absolute atomic E-state index is 0.0157. The van der Waals surface area contributed by atoms with Gasteiger partial charge in [0.05, 0.1) is 31.4 Å². The van der Waals surface area contributed by atoms with Gasteiger partial charge in [-0.15, -0.1) is 0 Å². The van der Waals surface area contributed by atoms with Crippen LogP contribution in [0.4, 0.5) is 4.39 Å². The van der Waals surface area contributed by atoms with Gasteiger partial charge in [-0.25, -0.2) is 4.39 Å². The van der Waals surface area contributed by atoms with Crippen molar-refractivity contribution in [3.8, 4) is 5.75 Å². The average molecular weight is 511 g/mol. The van der Waals surface area contributed by atoms with Gasteiger partial charge in [0, 0.05) is 31.7 Å². The van der Waals surface area contributed by atoms with Crippen molar-refractivity contribution in [2.75, 3.05) is 46.0 Å². The molecule has 2 aliphatic heterocycles. The second-order valence-electron chi connectivity index (χ2n) is 10.0. The number of aryl methyl sites for hydroxylation is 1. The first-order chi connectivity index (χ1) is 17.8. The summed E-state index contributed by atoms with van der Waals surface area (Å²) in [5.41, 5.74) is 1.76. The van der Waals surface area contributed by atoms with Gasteiger partial charge >= 0.3 is 0 Å². The number of carbonyl (C=O) groups is 2. The van der Waals surface area contributed by atoms with Crippen LogP contribution in [0.2, 0.25) is 0 Å². The molecule has 37 heavy (non-hydrogen) atoms. The van der Waals surface area contributed by atoms with E-state index in [0.717, 1.165) is 25.2 Å². The van der Waals surface area contributed by atoms with Crippen LogP contribution < -0.4 is 4.74 Å². The van der Waals surface area contributed by atoms with E-state index in [2.05, 4.69) is 18.7 Å². The number of amides is 1. The highest BCUT2D eigenvalue weighted by atomic mass is 19.1. The molecule has 1 atom stereocenters. The molecule has 198 valence electrons.